The first-order valence-corrected chi connectivity index (χ1v) is 14.5. The molecule has 1 saturated heterocycles. The van der Waals surface area contributed by atoms with Crippen molar-refractivity contribution in [2.45, 2.75) is 63.3 Å². The van der Waals surface area contributed by atoms with Gasteiger partial charge in [-0.3, -0.25) is 4.79 Å². The molecule has 0 aromatic heterocycles. The number of hydrogen-bond donors (Lipinski definition) is 1. The van der Waals surface area contributed by atoms with Crippen molar-refractivity contribution in [1.29, 1.82) is 0 Å². The maximum Gasteiger partial charge on any atom is 0.223 e. The summed E-state index contributed by atoms with van der Waals surface area (Å²) in [4.78, 5) is 13.2. The molecule has 9 heteroatoms. The second kappa shape index (κ2) is 10.7. The summed E-state index contributed by atoms with van der Waals surface area (Å²) in [6.45, 7) is 4.81. The second-order valence-corrected chi connectivity index (χ2v) is 12.2. The van der Waals surface area contributed by atoms with Gasteiger partial charge >= 0.3 is 0 Å². The molecule has 0 bridgehead atoms. The summed E-state index contributed by atoms with van der Waals surface area (Å²) in [6.07, 6.45) is 3.37. The van der Waals surface area contributed by atoms with Gasteiger partial charge in [-0.1, -0.05) is 61.3 Å². The van der Waals surface area contributed by atoms with E-state index in [1.54, 1.807) is 18.2 Å². The average molecular weight is 540 g/mol. The van der Waals surface area contributed by atoms with E-state index in [0.717, 1.165) is 24.2 Å². The Hall–Kier alpha value is -1.80. The highest BCUT2D eigenvalue weighted by molar-refractivity contribution is 7.88. The highest BCUT2D eigenvalue weighted by atomic mass is 35.5. The van der Waals surface area contributed by atoms with Gasteiger partial charge in [-0.25, -0.2) is 12.7 Å². The van der Waals surface area contributed by atoms with Gasteiger partial charge in [0, 0.05) is 46.6 Å². The van der Waals surface area contributed by atoms with Crippen molar-refractivity contribution in [3.63, 3.8) is 0 Å². The van der Waals surface area contributed by atoms with Crippen molar-refractivity contribution in [2.75, 3.05) is 13.1 Å². The Balaban J connectivity index is 1.40. The van der Waals surface area contributed by atoms with Crippen LogP contribution in [-0.4, -0.2) is 37.3 Å². The largest absolute Gasteiger partial charge is 0.487 e. The van der Waals surface area contributed by atoms with Gasteiger partial charge in [0.25, 0.3) is 0 Å². The van der Waals surface area contributed by atoms with Gasteiger partial charge in [-0.15, -0.1) is 0 Å². The van der Waals surface area contributed by atoms with Crippen LogP contribution in [0, 0.1) is 5.92 Å². The Labute approximate surface area is 218 Å². The number of para-hydroxylation sites is 1. The lowest BCUT2D eigenvalue weighted by atomic mass is 9.83. The van der Waals surface area contributed by atoms with Gasteiger partial charge < -0.3 is 10.1 Å². The van der Waals surface area contributed by atoms with Crippen LogP contribution in [0.2, 0.25) is 10.0 Å². The van der Waals surface area contributed by atoms with Gasteiger partial charge in [-0.05, 0) is 43.9 Å². The highest BCUT2D eigenvalue weighted by Gasteiger charge is 2.40. The number of benzene rings is 2. The number of hydrogen-bond acceptors (Lipinski definition) is 4. The van der Waals surface area contributed by atoms with Crippen LogP contribution in [0.1, 0.15) is 63.1 Å². The lowest BCUT2D eigenvalue weighted by molar-refractivity contribution is -0.127. The number of ether oxygens (including phenoxy) is 1. The number of amides is 1. The number of carbonyl (C=O) groups excluding carboxylic acids is 1. The highest BCUT2D eigenvalue weighted by Crippen LogP contribution is 2.43. The predicted octanol–water partition coefficient (Wildman–Crippen LogP) is 5.73. The number of piperidine rings is 1. The molecule has 1 N–H and O–H groups in total. The predicted molar refractivity (Wildman–Crippen MR) is 139 cm³/mol. The fourth-order valence-corrected chi connectivity index (χ4v) is 7.37. The molecular formula is C26H32Cl2N2O4S. The SMILES string of the molecule is CCC1(CC)CC(NC(=O)C2CCN(S(=O)(=O)Cc3c(Cl)cccc3Cl)CC2)c2ccccc2O1. The summed E-state index contributed by atoms with van der Waals surface area (Å²) in [6, 6.07) is 12.7. The fourth-order valence-electron chi connectivity index (χ4n) is 5.06. The van der Waals surface area contributed by atoms with Crippen molar-refractivity contribution >= 4 is 39.1 Å². The molecule has 1 atom stereocenters. The maximum absolute atomic E-state index is 13.2. The molecule has 35 heavy (non-hydrogen) atoms. The number of fused-ring (bicyclic) bond motifs is 1. The van der Waals surface area contributed by atoms with Gasteiger partial charge in [0.15, 0.2) is 0 Å². The van der Waals surface area contributed by atoms with Crippen molar-refractivity contribution in [2.24, 2.45) is 5.92 Å². The van der Waals surface area contributed by atoms with Crippen LogP contribution in [0.4, 0.5) is 0 Å². The third-order valence-corrected chi connectivity index (χ3v) is 9.92. The van der Waals surface area contributed by atoms with Crippen molar-refractivity contribution in [3.8, 4) is 5.75 Å². The molecule has 6 nitrogen and oxygen atoms in total. The fraction of sp³-hybridized carbons (Fsp3) is 0.500. The molecule has 2 aromatic carbocycles. The molecule has 1 amide bonds. The summed E-state index contributed by atoms with van der Waals surface area (Å²) < 4.78 is 33.8. The van der Waals surface area contributed by atoms with Gasteiger partial charge in [0.2, 0.25) is 15.9 Å². The second-order valence-electron chi connectivity index (χ2n) is 9.43. The number of nitrogens with zero attached hydrogens (tertiary/aromatic N) is 1. The third kappa shape index (κ3) is 5.63. The number of nitrogens with one attached hydrogen (secondary N) is 1. The number of rotatable bonds is 7. The number of carbonyl (C=O) groups is 1. The van der Waals surface area contributed by atoms with E-state index in [-0.39, 0.29) is 29.2 Å². The first-order chi connectivity index (χ1) is 16.7. The summed E-state index contributed by atoms with van der Waals surface area (Å²) in [7, 11) is -3.60. The zero-order valence-corrected chi connectivity index (χ0v) is 22.4. The maximum atomic E-state index is 13.2. The van der Waals surface area contributed by atoms with Gasteiger partial charge in [-0.2, -0.15) is 0 Å². The minimum atomic E-state index is -3.60. The van der Waals surface area contributed by atoms with Crippen LogP contribution >= 0.6 is 23.2 Å². The van der Waals surface area contributed by atoms with Crippen LogP contribution in [0.15, 0.2) is 42.5 Å². The lowest BCUT2D eigenvalue weighted by Crippen LogP contribution is -2.47. The lowest BCUT2D eigenvalue weighted by Gasteiger charge is -2.42. The van der Waals surface area contributed by atoms with Crippen LogP contribution in [0.25, 0.3) is 0 Å². The monoisotopic (exact) mass is 538 g/mol. The number of sulfonamides is 1. The van der Waals surface area contributed by atoms with Crippen LogP contribution in [-0.2, 0) is 20.6 Å². The van der Waals surface area contributed by atoms with Crippen LogP contribution in [0.3, 0.4) is 0 Å². The molecular weight excluding hydrogens is 507 g/mol. The Kier molecular flexibility index (Phi) is 8.01. The zero-order chi connectivity index (χ0) is 25.2. The van der Waals surface area contributed by atoms with Crippen molar-refractivity contribution in [1.82, 2.24) is 9.62 Å². The first-order valence-electron chi connectivity index (χ1n) is 12.2. The van der Waals surface area contributed by atoms with Crippen LogP contribution in [0.5, 0.6) is 5.75 Å². The quantitative estimate of drug-likeness (QED) is 0.488. The molecule has 2 aromatic rings. The molecule has 190 valence electrons. The molecule has 2 heterocycles. The molecule has 0 spiro atoms. The summed E-state index contributed by atoms with van der Waals surface area (Å²) in [5.74, 6) is 0.307. The topological polar surface area (TPSA) is 75.7 Å². The standard InChI is InChI=1S/C26H32Cl2N2O4S/c1-3-26(4-2)16-23(19-8-5-6-11-24(19)34-26)29-25(31)18-12-14-30(15-13-18)35(32,33)17-20-21(27)9-7-10-22(20)28/h5-11,18,23H,3-4,12-17H2,1-2H3,(H,29,31). The van der Waals surface area contributed by atoms with E-state index in [2.05, 4.69) is 19.2 Å². The molecule has 4 rings (SSSR count). The summed E-state index contributed by atoms with van der Waals surface area (Å²) in [5.41, 5.74) is 1.10. The smallest absolute Gasteiger partial charge is 0.223 e. The molecule has 0 saturated carbocycles. The Morgan fingerprint density at radius 1 is 1.06 bits per heavy atom. The van der Waals surface area contributed by atoms with Crippen molar-refractivity contribution in [3.05, 3.63) is 63.6 Å². The van der Waals surface area contributed by atoms with E-state index in [1.807, 2.05) is 24.3 Å². The summed E-state index contributed by atoms with van der Waals surface area (Å²) >= 11 is 12.4. The van der Waals surface area contributed by atoms with E-state index < -0.39 is 10.0 Å². The van der Waals surface area contributed by atoms with Gasteiger partial charge in [0.1, 0.15) is 11.4 Å². The molecule has 0 aliphatic carbocycles. The zero-order valence-electron chi connectivity index (χ0n) is 20.1. The Morgan fingerprint density at radius 2 is 1.69 bits per heavy atom. The van der Waals surface area contributed by atoms with E-state index in [1.165, 1.54) is 4.31 Å². The average Bonchev–Trinajstić information content (AvgIpc) is 2.86. The minimum Gasteiger partial charge on any atom is -0.487 e. The molecule has 1 fully saturated rings. The third-order valence-electron chi connectivity index (χ3n) is 7.41. The molecule has 2 aliphatic rings. The Morgan fingerprint density at radius 3 is 2.31 bits per heavy atom. The molecule has 2 aliphatic heterocycles. The summed E-state index contributed by atoms with van der Waals surface area (Å²) in [5, 5.41) is 3.93. The van der Waals surface area contributed by atoms with Crippen molar-refractivity contribution < 1.29 is 17.9 Å². The normalized spacial score (nSPS) is 20.6. The Bertz CT molecular complexity index is 1160. The van der Waals surface area contributed by atoms with Crippen LogP contribution < -0.4 is 10.1 Å². The van der Waals surface area contributed by atoms with E-state index in [9.17, 15) is 13.2 Å². The van der Waals surface area contributed by atoms with E-state index >= 15 is 0 Å². The minimum absolute atomic E-state index is 0.0287. The van der Waals surface area contributed by atoms with Gasteiger partial charge in [0.05, 0.1) is 11.8 Å². The molecule has 0 radical (unpaired) electrons. The number of halogens is 2. The molecule has 1 unspecified atom stereocenters. The first kappa shape index (κ1) is 26.3. The van der Waals surface area contributed by atoms with E-state index in [4.69, 9.17) is 27.9 Å². The van der Waals surface area contributed by atoms with E-state index in [0.29, 0.717) is 48.0 Å².